The summed E-state index contributed by atoms with van der Waals surface area (Å²) in [5.74, 6) is 0. The summed E-state index contributed by atoms with van der Waals surface area (Å²) in [7, 11) is -1.92. The molecule has 0 bridgehead atoms. The Labute approximate surface area is 134 Å². The molecule has 2 rings (SSSR count). The Bertz CT molecular complexity index is 783. The lowest BCUT2D eigenvalue weighted by Crippen LogP contribution is -2.37. The van der Waals surface area contributed by atoms with Crippen molar-refractivity contribution in [1.29, 1.82) is 0 Å². The average Bonchev–Trinajstić information content (AvgIpc) is 2.89. The number of aryl methyl sites for hydroxylation is 1. The average molecular weight is 337 g/mol. The van der Waals surface area contributed by atoms with E-state index in [4.69, 9.17) is 5.14 Å². The molecule has 0 radical (unpaired) electrons. The lowest BCUT2D eigenvalue weighted by Gasteiger charge is -2.15. The molecule has 0 saturated heterocycles. The molecule has 124 valence electrons. The third-order valence-electron chi connectivity index (χ3n) is 3.41. The summed E-state index contributed by atoms with van der Waals surface area (Å²) >= 11 is 0. The lowest BCUT2D eigenvalue weighted by atomic mass is 10.1. The predicted octanol–water partition coefficient (Wildman–Crippen LogP) is 0.628. The van der Waals surface area contributed by atoms with Crippen LogP contribution in [0, 0.1) is 0 Å². The molecular formula is C14H19N5O3S. The van der Waals surface area contributed by atoms with E-state index in [1.165, 1.54) is 12.1 Å². The molecule has 23 heavy (non-hydrogen) atoms. The number of amides is 2. The van der Waals surface area contributed by atoms with E-state index >= 15 is 0 Å². The molecule has 4 N–H and O–H groups in total. The van der Waals surface area contributed by atoms with E-state index in [1.54, 1.807) is 37.0 Å². The van der Waals surface area contributed by atoms with Crippen molar-refractivity contribution in [3.8, 4) is 0 Å². The molecule has 1 unspecified atom stereocenters. The van der Waals surface area contributed by atoms with Crippen molar-refractivity contribution >= 4 is 16.1 Å². The minimum atomic E-state index is -3.71. The van der Waals surface area contributed by atoms with Crippen LogP contribution in [0.5, 0.6) is 0 Å². The van der Waals surface area contributed by atoms with E-state index in [2.05, 4.69) is 15.7 Å². The van der Waals surface area contributed by atoms with Gasteiger partial charge in [0.15, 0.2) is 0 Å². The Morgan fingerprint density at radius 3 is 2.48 bits per heavy atom. The maximum atomic E-state index is 11.9. The van der Waals surface area contributed by atoms with E-state index in [1.807, 2.05) is 6.07 Å². The van der Waals surface area contributed by atoms with Gasteiger partial charge in [0.2, 0.25) is 10.0 Å². The summed E-state index contributed by atoms with van der Waals surface area (Å²) < 4.78 is 24.1. The van der Waals surface area contributed by atoms with Gasteiger partial charge in [-0.3, -0.25) is 4.68 Å². The van der Waals surface area contributed by atoms with Gasteiger partial charge in [0.05, 0.1) is 23.2 Å². The number of benzene rings is 1. The number of rotatable bonds is 5. The second kappa shape index (κ2) is 6.80. The van der Waals surface area contributed by atoms with E-state index in [-0.39, 0.29) is 17.0 Å². The summed E-state index contributed by atoms with van der Waals surface area (Å²) in [4.78, 5) is 11.9. The molecule has 2 amide bonds. The van der Waals surface area contributed by atoms with Crippen LogP contribution >= 0.6 is 0 Å². The number of urea groups is 1. The SMILES string of the molecule is CC(NC(=O)NCc1ccnn1C)c1ccc(S(N)(=O)=O)cc1. The number of nitrogens with zero attached hydrogens (tertiary/aromatic N) is 2. The third-order valence-corrected chi connectivity index (χ3v) is 4.34. The van der Waals surface area contributed by atoms with Crippen molar-refractivity contribution in [3.05, 3.63) is 47.8 Å². The molecule has 0 aliphatic carbocycles. The van der Waals surface area contributed by atoms with Crippen LogP contribution in [0.4, 0.5) is 4.79 Å². The fourth-order valence-corrected chi connectivity index (χ4v) is 2.54. The minimum absolute atomic E-state index is 0.0362. The van der Waals surface area contributed by atoms with Gasteiger partial charge in [0.25, 0.3) is 0 Å². The first-order valence-electron chi connectivity index (χ1n) is 6.91. The summed E-state index contributed by atoms with van der Waals surface area (Å²) in [5, 5.41) is 14.6. The Hall–Kier alpha value is -2.39. The van der Waals surface area contributed by atoms with Crippen LogP contribution in [-0.2, 0) is 23.6 Å². The fraction of sp³-hybridized carbons (Fsp3) is 0.286. The molecule has 0 aliphatic heterocycles. The number of primary sulfonamides is 1. The van der Waals surface area contributed by atoms with Crippen molar-refractivity contribution < 1.29 is 13.2 Å². The summed E-state index contributed by atoms with van der Waals surface area (Å²) in [6, 6.07) is 7.27. The van der Waals surface area contributed by atoms with Crippen molar-refractivity contribution in [3.63, 3.8) is 0 Å². The first kappa shape index (κ1) is 17.0. The van der Waals surface area contributed by atoms with E-state index in [9.17, 15) is 13.2 Å². The van der Waals surface area contributed by atoms with Gasteiger partial charge in [-0.15, -0.1) is 0 Å². The number of hydrogen-bond acceptors (Lipinski definition) is 4. The first-order valence-corrected chi connectivity index (χ1v) is 8.46. The predicted molar refractivity (Wildman–Crippen MR) is 84.8 cm³/mol. The first-order chi connectivity index (χ1) is 10.8. The largest absolute Gasteiger partial charge is 0.333 e. The van der Waals surface area contributed by atoms with Crippen LogP contribution in [0.25, 0.3) is 0 Å². The van der Waals surface area contributed by atoms with Gasteiger partial charge in [-0.25, -0.2) is 18.4 Å². The van der Waals surface area contributed by atoms with E-state index in [0.29, 0.717) is 6.54 Å². The summed E-state index contributed by atoms with van der Waals surface area (Å²) in [6.07, 6.45) is 1.66. The fourth-order valence-electron chi connectivity index (χ4n) is 2.02. The molecule has 1 aromatic heterocycles. The molecule has 8 nitrogen and oxygen atoms in total. The maximum Gasteiger partial charge on any atom is 0.315 e. The molecule has 1 heterocycles. The maximum absolute atomic E-state index is 11.9. The highest BCUT2D eigenvalue weighted by Gasteiger charge is 2.12. The number of sulfonamides is 1. The molecule has 1 atom stereocenters. The number of nitrogens with one attached hydrogen (secondary N) is 2. The number of hydrogen-bond donors (Lipinski definition) is 3. The molecule has 0 fully saturated rings. The molecule has 9 heteroatoms. The Kier molecular flexibility index (Phi) is 5.02. The topological polar surface area (TPSA) is 119 Å². The van der Waals surface area contributed by atoms with Gasteiger partial charge >= 0.3 is 6.03 Å². The van der Waals surface area contributed by atoms with Gasteiger partial charge in [0, 0.05) is 13.2 Å². The lowest BCUT2D eigenvalue weighted by molar-refractivity contribution is 0.237. The molecule has 2 aromatic rings. The van der Waals surface area contributed by atoms with Crippen molar-refractivity contribution in [1.82, 2.24) is 20.4 Å². The summed E-state index contributed by atoms with van der Waals surface area (Å²) in [5.41, 5.74) is 1.65. The van der Waals surface area contributed by atoms with Crippen LogP contribution < -0.4 is 15.8 Å². The smallest absolute Gasteiger partial charge is 0.315 e. The standard InChI is InChI=1S/C14H19N5O3S/c1-10(11-3-5-13(6-4-11)23(15,21)22)18-14(20)16-9-12-7-8-17-19(12)2/h3-8,10H,9H2,1-2H3,(H2,15,21,22)(H2,16,18,20). The third kappa shape index (κ3) is 4.54. The minimum Gasteiger partial charge on any atom is -0.333 e. The van der Waals surface area contributed by atoms with Crippen LogP contribution in [0.15, 0.2) is 41.4 Å². The van der Waals surface area contributed by atoms with E-state index in [0.717, 1.165) is 11.3 Å². The zero-order chi connectivity index (χ0) is 17.0. The zero-order valence-electron chi connectivity index (χ0n) is 12.9. The molecular weight excluding hydrogens is 318 g/mol. The van der Waals surface area contributed by atoms with Gasteiger partial charge in [0.1, 0.15) is 0 Å². The number of aromatic nitrogens is 2. The molecule has 1 aromatic carbocycles. The Balaban J connectivity index is 1.92. The van der Waals surface area contributed by atoms with Crippen molar-refractivity contribution in [2.24, 2.45) is 12.2 Å². The second-order valence-corrected chi connectivity index (χ2v) is 6.67. The zero-order valence-corrected chi connectivity index (χ0v) is 13.7. The monoisotopic (exact) mass is 337 g/mol. The van der Waals surface area contributed by atoms with Crippen molar-refractivity contribution in [2.75, 3.05) is 0 Å². The molecule has 0 spiro atoms. The molecule has 0 aliphatic rings. The van der Waals surface area contributed by atoms with Crippen LogP contribution in [0.2, 0.25) is 0 Å². The normalized spacial score (nSPS) is 12.7. The highest BCUT2D eigenvalue weighted by Crippen LogP contribution is 2.15. The van der Waals surface area contributed by atoms with E-state index < -0.39 is 10.0 Å². The number of carbonyl (C=O) groups is 1. The quantitative estimate of drug-likeness (QED) is 0.741. The van der Waals surface area contributed by atoms with Gasteiger partial charge in [-0.05, 0) is 30.7 Å². The van der Waals surface area contributed by atoms with Crippen LogP contribution in [0.3, 0.4) is 0 Å². The van der Waals surface area contributed by atoms with Crippen LogP contribution in [0.1, 0.15) is 24.2 Å². The summed E-state index contributed by atoms with van der Waals surface area (Å²) in [6.45, 7) is 2.16. The molecule has 0 saturated carbocycles. The number of nitrogens with two attached hydrogens (primary N) is 1. The number of carbonyl (C=O) groups excluding carboxylic acids is 1. The van der Waals surface area contributed by atoms with Gasteiger partial charge < -0.3 is 10.6 Å². The van der Waals surface area contributed by atoms with Gasteiger partial charge in [-0.1, -0.05) is 12.1 Å². The Morgan fingerprint density at radius 1 is 1.30 bits per heavy atom. The Morgan fingerprint density at radius 2 is 1.96 bits per heavy atom. The second-order valence-electron chi connectivity index (χ2n) is 5.11. The van der Waals surface area contributed by atoms with Crippen LogP contribution in [-0.4, -0.2) is 24.2 Å². The highest BCUT2D eigenvalue weighted by molar-refractivity contribution is 7.89. The van der Waals surface area contributed by atoms with Gasteiger partial charge in [-0.2, -0.15) is 5.10 Å². The highest BCUT2D eigenvalue weighted by atomic mass is 32.2. The van der Waals surface area contributed by atoms with Crippen molar-refractivity contribution in [2.45, 2.75) is 24.4 Å².